The zero-order chi connectivity index (χ0) is 26.0. The van der Waals surface area contributed by atoms with Crippen molar-refractivity contribution in [2.24, 2.45) is 5.41 Å². The monoisotopic (exact) mass is 676 g/mol. The summed E-state index contributed by atoms with van der Waals surface area (Å²) in [5, 5.41) is 0. The maximum absolute atomic E-state index is 4.98. The minimum absolute atomic E-state index is 0. The van der Waals surface area contributed by atoms with Crippen LogP contribution in [0.5, 0.6) is 0 Å². The molecule has 0 aliphatic carbocycles. The molecule has 38 heavy (non-hydrogen) atoms. The van der Waals surface area contributed by atoms with Crippen LogP contribution in [0.1, 0.15) is 46.6 Å². The summed E-state index contributed by atoms with van der Waals surface area (Å²) in [5.41, 5.74) is 8.21. The summed E-state index contributed by atoms with van der Waals surface area (Å²) >= 11 is 0. The molecule has 2 aromatic heterocycles. The second-order valence-electron chi connectivity index (χ2n) is 11.2. The second kappa shape index (κ2) is 11.2. The van der Waals surface area contributed by atoms with Crippen LogP contribution >= 0.6 is 0 Å². The van der Waals surface area contributed by atoms with Crippen molar-refractivity contribution < 1.29 is 20.1 Å². The molecule has 1 aliphatic heterocycles. The summed E-state index contributed by atoms with van der Waals surface area (Å²) in [6.45, 7) is 11.5. The van der Waals surface area contributed by atoms with Gasteiger partial charge in [0.25, 0.3) is 0 Å². The molecule has 0 amide bonds. The van der Waals surface area contributed by atoms with Crippen molar-refractivity contribution in [1.82, 2.24) is 14.5 Å². The van der Waals surface area contributed by atoms with Gasteiger partial charge in [0.1, 0.15) is 0 Å². The summed E-state index contributed by atoms with van der Waals surface area (Å²) in [6.07, 6.45) is 5.23. The van der Waals surface area contributed by atoms with E-state index in [9.17, 15) is 0 Å². The molecule has 0 bridgehead atoms. The number of pyridine rings is 1. The van der Waals surface area contributed by atoms with E-state index in [1.807, 2.05) is 54.6 Å². The fourth-order valence-electron chi connectivity index (χ4n) is 4.95. The van der Waals surface area contributed by atoms with Gasteiger partial charge in [0.2, 0.25) is 0 Å². The van der Waals surface area contributed by atoms with Gasteiger partial charge in [-0.25, -0.2) is 0 Å². The van der Waals surface area contributed by atoms with Gasteiger partial charge >= 0.3 is 0 Å². The fraction of sp³-hybridized carbons (Fsp3) is 0.235. The minimum atomic E-state index is -0.116. The number of benzene rings is 3. The molecular weight excluding hydrogens is 643 g/mol. The average molecular weight is 676 g/mol. The Balaban J connectivity index is 0.000000218. The Hall–Kier alpha value is -3.33. The van der Waals surface area contributed by atoms with Gasteiger partial charge in [0, 0.05) is 26.3 Å². The quantitative estimate of drug-likeness (QED) is 0.179. The van der Waals surface area contributed by atoms with E-state index >= 15 is 0 Å². The van der Waals surface area contributed by atoms with Crippen LogP contribution in [0.15, 0.2) is 96.7 Å². The average Bonchev–Trinajstić information content (AvgIpc) is 3.31. The Morgan fingerprint density at radius 2 is 1.50 bits per heavy atom. The maximum Gasteiger partial charge on any atom is 0.0777 e. The van der Waals surface area contributed by atoms with E-state index in [0.29, 0.717) is 0 Å². The van der Waals surface area contributed by atoms with Crippen LogP contribution in [0.25, 0.3) is 39.8 Å². The predicted octanol–water partition coefficient (Wildman–Crippen LogP) is 8.62. The third-order valence-electron chi connectivity index (χ3n) is 6.70. The van der Waals surface area contributed by atoms with Gasteiger partial charge in [0.15, 0.2) is 0 Å². The molecule has 0 fully saturated rings. The van der Waals surface area contributed by atoms with Crippen LogP contribution in [-0.2, 0) is 25.6 Å². The molecule has 0 unspecified atom stereocenters. The third-order valence-corrected chi connectivity index (χ3v) is 6.70. The summed E-state index contributed by atoms with van der Waals surface area (Å²) in [5.74, 6) is 1.01. The fourth-order valence-corrected chi connectivity index (χ4v) is 4.95. The molecule has 3 aromatic carbocycles. The molecule has 1 aliphatic rings. The smallest absolute Gasteiger partial charge is 0.0777 e. The van der Waals surface area contributed by atoms with Crippen LogP contribution in [0.2, 0.25) is 0 Å². The molecule has 0 saturated heterocycles. The van der Waals surface area contributed by atoms with Crippen molar-refractivity contribution in [3.63, 3.8) is 0 Å². The third kappa shape index (κ3) is 5.72. The van der Waals surface area contributed by atoms with E-state index < -0.39 is 0 Å². The molecule has 6 rings (SSSR count). The zero-order valence-corrected chi connectivity index (χ0v) is 25.0. The normalized spacial score (nSPS) is 13.7. The number of hydrogen-bond acceptors (Lipinski definition) is 2. The van der Waals surface area contributed by atoms with Crippen LogP contribution in [-0.4, -0.2) is 14.5 Å². The molecule has 0 saturated carbocycles. The first-order valence-corrected chi connectivity index (χ1v) is 12.8. The van der Waals surface area contributed by atoms with Gasteiger partial charge in [-0.15, -0.1) is 71.8 Å². The van der Waals surface area contributed by atoms with Crippen LogP contribution in [0.4, 0.5) is 0 Å². The van der Waals surface area contributed by atoms with Crippen molar-refractivity contribution in [1.29, 1.82) is 0 Å². The molecule has 3 nitrogen and oxygen atoms in total. The summed E-state index contributed by atoms with van der Waals surface area (Å²) in [4.78, 5) is 9.20. The number of allylic oxidation sites excluding steroid dienone is 1. The van der Waals surface area contributed by atoms with Crippen LogP contribution in [0.3, 0.4) is 0 Å². The predicted molar refractivity (Wildman–Crippen MR) is 154 cm³/mol. The molecule has 0 N–H and O–H groups in total. The first-order valence-electron chi connectivity index (χ1n) is 12.8. The van der Waals surface area contributed by atoms with Gasteiger partial charge < -0.3 is 9.55 Å². The van der Waals surface area contributed by atoms with Crippen LogP contribution < -0.4 is 0 Å². The number of rotatable bonds is 3. The van der Waals surface area contributed by atoms with E-state index in [0.717, 1.165) is 34.6 Å². The Kier molecular flexibility index (Phi) is 8.16. The van der Waals surface area contributed by atoms with E-state index in [1.165, 1.54) is 16.7 Å². The van der Waals surface area contributed by atoms with Gasteiger partial charge in [0.05, 0.1) is 22.4 Å². The van der Waals surface area contributed by atoms with Crippen molar-refractivity contribution >= 4 is 17.1 Å². The Labute approximate surface area is 240 Å². The van der Waals surface area contributed by atoms with Gasteiger partial charge in [-0.3, -0.25) is 4.98 Å². The number of hydrogen-bond donors (Lipinski definition) is 0. The Morgan fingerprint density at radius 1 is 0.816 bits per heavy atom. The van der Waals surface area contributed by atoms with Crippen molar-refractivity contribution in [2.75, 3.05) is 0 Å². The number of nitrogens with zero attached hydrogens (tertiary/aromatic N) is 3. The molecule has 4 heteroatoms. The van der Waals surface area contributed by atoms with Gasteiger partial charge in [-0.05, 0) is 54.6 Å². The van der Waals surface area contributed by atoms with Crippen LogP contribution in [0, 0.1) is 17.5 Å². The number of para-hydroxylation sites is 1. The first-order chi connectivity index (χ1) is 17.7. The summed E-state index contributed by atoms with van der Waals surface area (Å²) < 4.78 is 2.42. The SMILES string of the molecule is CC(C)(C)CC1=Cc2cccc3nc(-c4[c-]cccc4)n(c23)C1(C)C.[Ir].[c-]1ccccc1-c1ccccn1. The zero-order valence-electron chi connectivity index (χ0n) is 22.6. The molecule has 0 spiro atoms. The summed E-state index contributed by atoms with van der Waals surface area (Å²) in [7, 11) is 0. The van der Waals surface area contributed by atoms with E-state index in [1.54, 1.807) is 6.20 Å². The van der Waals surface area contributed by atoms with Crippen molar-refractivity contribution in [2.45, 2.75) is 46.6 Å². The standard InChI is InChI=1S/C23H25N2.C11H8N.Ir/c1-22(2,3)15-18-14-17-12-9-13-19-20(17)25(23(18,4)5)21(24-19)16-10-7-6-8-11-16;1-2-6-10(7-3-1)11-8-4-5-9-12-11;/h6-10,12-14H,15H2,1-5H3;1-6,8-9H;/q2*-1;. The summed E-state index contributed by atoms with van der Waals surface area (Å²) in [6, 6.07) is 34.7. The van der Waals surface area contributed by atoms with E-state index in [2.05, 4.69) is 92.7 Å². The van der Waals surface area contributed by atoms with Crippen molar-refractivity contribution in [3.05, 3.63) is 114 Å². The topological polar surface area (TPSA) is 30.7 Å². The molecular formula is C34H33IrN3-2. The minimum Gasteiger partial charge on any atom is -0.355 e. The van der Waals surface area contributed by atoms with Gasteiger partial charge in [-0.2, -0.15) is 0 Å². The molecule has 3 heterocycles. The molecule has 195 valence electrons. The first kappa shape index (κ1) is 27.7. The molecule has 1 radical (unpaired) electrons. The van der Waals surface area contributed by atoms with E-state index in [-0.39, 0.29) is 31.1 Å². The maximum atomic E-state index is 4.98. The number of aromatic nitrogens is 3. The number of imidazole rings is 1. The Morgan fingerprint density at radius 3 is 2.11 bits per heavy atom. The largest absolute Gasteiger partial charge is 0.355 e. The second-order valence-corrected chi connectivity index (χ2v) is 11.2. The Bertz CT molecular complexity index is 1490. The van der Waals surface area contributed by atoms with Gasteiger partial charge in [-0.1, -0.05) is 51.1 Å². The van der Waals surface area contributed by atoms with E-state index in [4.69, 9.17) is 4.98 Å². The molecule has 5 aromatic rings. The molecule has 0 atom stereocenters. The van der Waals surface area contributed by atoms with Crippen molar-refractivity contribution in [3.8, 4) is 22.6 Å².